The van der Waals surface area contributed by atoms with E-state index in [0.29, 0.717) is 5.41 Å². The summed E-state index contributed by atoms with van der Waals surface area (Å²) in [7, 11) is 0. The second-order valence-electron chi connectivity index (χ2n) is 5.17. The van der Waals surface area contributed by atoms with Gasteiger partial charge in [0.25, 0.3) is 0 Å². The summed E-state index contributed by atoms with van der Waals surface area (Å²) < 4.78 is 0. The van der Waals surface area contributed by atoms with E-state index in [1.54, 1.807) is 0 Å². The molecule has 0 saturated carbocycles. The lowest BCUT2D eigenvalue weighted by Crippen LogP contribution is -2.36. The third-order valence-corrected chi connectivity index (χ3v) is 3.10. The standard InChI is InChI=1S/C13H29N/c1-6-9-12(10-7-2)14-11-13(4,5)8-3/h12,14H,6-11H2,1-5H3. The fourth-order valence-electron chi connectivity index (χ4n) is 1.59. The first-order valence-electron chi connectivity index (χ1n) is 6.29. The predicted octanol–water partition coefficient (Wildman–Crippen LogP) is 3.98. The van der Waals surface area contributed by atoms with Crippen molar-refractivity contribution in [3.63, 3.8) is 0 Å². The normalized spacial score (nSPS) is 12.4. The molecule has 0 aliphatic heterocycles. The molecule has 0 amide bonds. The van der Waals surface area contributed by atoms with Gasteiger partial charge in [-0.15, -0.1) is 0 Å². The van der Waals surface area contributed by atoms with E-state index in [1.807, 2.05) is 0 Å². The summed E-state index contributed by atoms with van der Waals surface area (Å²) in [5.41, 5.74) is 0.458. The van der Waals surface area contributed by atoms with Crippen LogP contribution in [0.1, 0.15) is 66.7 Å². The first-order chi connectivity index (χ1) is 6.55. The first-order valence-corrected chi connectivity index (χ1v) is 6.29. The average Bonchev–Trinajstić information content (AvgIpc) is 2.15. The Morgan fingerprint density at radius 1 is 1.00 bits per heavy atom. The van der Waals surface area contributed by atoms with Crippen LogP contribution in [0.5, 0.6) is 0 Å². The molecule has 0 aliphatic rings. The summed E-state index contributed by atoms with van der Waals surface area (Å²) in [6.07, 6.45) is 6.50. The molecule has 0 atom stereocenters. The van der Waals surface area contributed by atoms with Crippen LogP contribution >= 0.6 is 0 Å². The summed E-state index contributed by atoms with van der Waals surface area (Å²) in [4.78, 5) is 0. The molecule has 0 radical (unpaired) electrons. The van der Waals surface area contributed by atoms with Crippen molar-refractivity contribution in [2.24, 2.45) is 5.41 Å². The largest absolute Gasteiger partial charge is 0.313 e. The molecule has 0 rings (SSSR count). The maximum absolute atomic E-state index is 3.71. The number of hydrogen-bond acceptors (Lipinski definition) is 1. The van der Waals surface area contributed by atoms with E-state index in [2.05, 4.69) is 39.9 Å². The van der Waals surface area contributed by atoms with E-state index in [9.17, 15) is 0 Å². The van der Waals surface area contributed by atoms with Crippen LogP contribution in [0.3, 0.4) is 0 Å². The lowest BCUT2D eigenvalue weighted by molar-refractivity contribution is 0.296. The Labute approximate surface area is 90.7 Å². The lowest BCUT2D eigenvalue weighted by Gasteiger charge is -2.27. The van der Waals surface area contributed by atoms with Gasteiger partial charge in [-0.05, 0) is 24.7 Å². The van der Waals surface area contributed by atoms with E-state index < -0.39 is 0 Å². The van der Waals surface area contributed by atoms with Crippen LogP contribution in [0.25, 0.3) is 0 Å². The minimum absolute atomic E-state index is 0.458. The highest BCUT2D eigenvalue weighted by molar-refractivity contribution is 4.74. The molecule has 0 bridgehead atoms. The zero-order valence-electron chi connectivity index (χ0n) is 10.8. The zero-order chi connectivity index (χ0) is 11.0. The zero-order valence-corrected chi connectivity index (χ0v) is 10.8. The molecular formula is C13H29N. The molecule has 0 aromatic heterocycles. The lowest BCUT2D eigenvalue weighted by atomic mass is 9.89. The van der Waals surface area contributed by atoms with Crippen molar-refractivity contribution >= 4 is 0 Å². The van der Waals surface area contributed by atoms with Crippen LogP contribution in [0.4, 0.5) is 0 Å². The fourth-order valence-corrected chi connectivity index (χ4v) is 1.59. The quantitative estimate of drug-likeness (QED) is 0.623. The summed E-state index contributed by atoms with van der Waals surface area (Å²) in [5, 5.41) is 3.71. The molecule has 0 aliphatic carbocycles. The highest BCUT2D eigenvalue weighted by Crippen LogP contribution is 2.18. The summed E-state index contributed by atoms with van der Waals surface area (Å²) >= 11 is 0. The van der Waals surface area contributed by atoms with Gasteiger partial charge in [0.1, 0.15) is 0 Å². The summed E-state index contributed by atoms with van der Waals surface area (Å²) in [6.45, 7) is 12.7. The molecule has 0 aromatic rings. The van der Waals surface area contributed by atoms with Crippen LogP contribution in [-0.2, 0) is 0 Å². The molecule has 0 aromatic carbocycles. The molecular weight excluding hydrogens is 170 g/mol. The number of rotatable bonds is 8. The number of nitrogens with one attached hydrogen (secondary N) is 1. The maximum Gasteiger partial charge on any atom is 0.00670 e. The van der Waals surface area contributed by atoms with Crippen molar-refractivity contribution in [1.82, 2.24) is 5.32 Å². The Hall–Kier alpha value is -0.0400. The minimum Gasteiger partial charge on any atom is -0.313 e. The second kappa shape index (κ2) is 7.28. The Balaban J connectivity index is 3.80. The smallest absolute Gasteiger partial charge is 0.00670 e. The van der Waals surface area contributed by atoms with Crippen molar-refractivity contribution in [2.75, 3.05) is 6.54 Å². The Morgan fingerprint density at radius 3 is 1.86 bits per heavy atom. The first kappa shape index (κ1) is 14.0. The van der Waals surface area contributed by atoms with Crippen LogP contribution in [0.15, 0.2) is 0 Å². The molecule has 1 nitrogen and oxygen atoms in total. The van der Waals surface area contributed by atoms with E-state index in [-0.39, 0.29) is 0 Å². The molecule has 0 heterocycles. The van der Waals surface area contributed by atoms with Gasteiger partial charge in [-0.2, -0.15) is 0 Å². The van der Waals surface area contributed by atoms with Crippen LogP contribution < -0.4 is 5.32 Å². The van der Waals surface area contributed by atoms with Gasteiger partial charge >= 0.3 is 0 Å². The van der Waals surface area contributed by atoms with Crippen molar-refractivity contribution in [3.8, 4) is 0 Å². The van der Waals surface area contributed by atoms with Gasteiger partial charge in [-0.3, -0.25) is 0 Å². The maximum atomic E-state index is 3.71. The minimum atomic E-state index is 0.458. The third-order valence-electron chi connectivity index (χ3n) is 3.10. The average molecular weight is 199 g/mol. The van der Waals surface area contributed by atoms with E-state index in [0.717, 1.165) is 12.6 Å². The van der Waals surface area contributed by atoms with Gasteiger partial charge in [0.15, 0.2) is 0 Å². The predicted molar refractivity (Wildman–Crippen MR) is 65.7 cm³/mol. The fraction of sp³-hybridized carbons (Fsp3) is 1.00. The topological polar surface area (TPSA) is 12.0 Å². The molecule has 14 heavy (non-hydrogen) atoms. The van der Waals surface area contributed by atoms with E-state index in [4.69, 9.17) is 0 Å². The Bertz CT molecular complexity index is 123. The molecule has 0 spiro atoms. The van der Waals surface area contributed by atoms with Gasteiger partial charge in [0, 0.05) is 12.6 Å². The monoisotopic (exact) mass is 199 g/mol. The van der Waals surface area contributed by atoms with Gasteiger partial charge in [-0.1, -0.05) is 47.5 Å². The van der Waals surface area contributed by atoms with Crippen LogP contribution in [0, 0.1) is 5.41 Å². The SMILES string of the molecule is CCCC(CCC)NCC(C)(C)CC. The van der Waals surface area contributed by atoms with Gasteiger partial charge < -0.3 is 5.32 Å². The molecule has 0 saturated heterocycles. The second-order valence-corrected chi connectivity index (χ2v) is 5.17. The van der Waals surface area contributed by atoms with Crippen molar-refractivity contribution in [3.05, 3.63) is 0 Å². The summed E-state index contributed by atoms with van der Waals surface area (Å²) in [6, 6.07) is 0.746. The van der Waals surface area contributed by atoms with Crippen molar-refractivity contribution in [2.45, 2.75) is 72.8 Å². The van der Waals surface area contributed by atoms with Gasteiger partial charge in [-0.25, -0.2) is 0 Å². The third kappa shape index (κ3) is 6.42. The van der Waals surface area contributed by atoms with E-state index >= 15 is 0 Å². The van der Waals surface area contributed by atoms with Crippen LogP contribution in [0.2, 0.25) is 0 Å². The van der Waals surface area contributed by atoms with Crippen molar-refractivity contribution in [1.29, 1.82) is 0 Å². The highest BCUT2D eigenvalue weighted by Gasteiger charge is 2.16. The van der Waals surface area contributed by atoms with Gasteiger partial charge in [0.2, 0.25) is 0 Å². The molecule has 0 unspecified atom stereocenters. The van der Waals surface area contributed by atoms with E-state index in [1.165, 1.54) is 32.1 Å². The molecule has 86 valence electrons. The molecule has 1 N–H and O–H groups in total. The molecule has 0 fully saturated rings. The Morgan fingerprint density at radius 2 is 1.50 bits per heavy atom. The van der Waals surface area contributed by atoms with Gasteiger partial charge in [0.05, 0.1) is 0 Å². The summed E-state index contributed by atoms with van der Waals surface area (Å²) in [5.74, 6) is 0. The highest BCUT2D eigenvalue weighted by atomic mass is 14.9. The Kier molecular flexibility index (Phi) is 7.26. The van der Waals surface area contributed by atoms with Crippen LogP contribution in [-0.4, -0.2) is 12.6 Å². The van der Waals surface area contributed by atoms with Crippen molar-refractivity contribution < 1.29 is 0 Å². The number of hydrogen-bond donors (Lipinski definition) is 1. The molecule has 1 heteroatoms.